The van der Waals surface area contributed by atoms with Crippen LogP contribution in [-0.2, 0) is 0 Å². The Morgan fingerprint density at radius 3 is 2.62 bits per heavy atom. The van der Waals surface area contributed by atoms with E-state index in [4.69, 9.17) is 5.73 Å². The van der Waals surface area contributed by atoms with Gasteiger partial charge in [0.1, 0.15) is 6.20 Å². The van der Waals surface area contributed by atoms with E-state index in [0.717, 1.165) is 6.54 Å². The Labute approximate surface area is 50.3 Å². The smallest absolute Gasteiger partial charge is 0.106 e. The summed E-state index contributed by atoms with van der Waals surface area (Å²) in [5, 5.41) is 0. The molecular weight excluding hydrogens is 100 g/mol. The number of rotatable bonds is 2. The average Bonchev–Trinajstić information content (AvgIpc) is 1.66. The first kappa shape index (κ1) is 7.28. The minimum atomic E-state index is 0.865. The molecule has 0 saturated carbocycles. The normalized spacial score (nSPS) is 8.38. The molecule has 0 aromatic carbocycles. The molecule has 1 radical (unpaired) electrons. The zero-order valence-corrected chi connectivity index (χ0v) is 5.31. The largest absolute Gasteiger partial charge is 0.390 e. The molecule has 0 saturated heterocycles. The van der Waals surface area contributed by atoms with Gasteiger partial charge >= 0.3 is 0 Å². The van der Waals surface area contributed by atoms with E-state index in [-0.39, 0.29) is 0 Å². The van der Waals surface area contributed by atoms with Crippen LogP contribution in [0.4, 0.5) is 0 Å². The fourth-order valence-electron chi connectivity index (χ4n) is 0.287. The maximum atomic E-state index is 4.90. The first-order valence-electron chi connectivity index (χ1n) is 2.45. The lowest BCUT2D eigenvalue weighted by Gasteiger charge is -2.01. The van der Waals surface area contributed by atoms with E-state index in [9.17, 15) is 0 Å². The second-order valence-corrected chi connectivity index (χ2v) is 1.76. The molecule has 0 aromatic rings. The molecule has 0 heterocycles. The Morgan fingerprint density at radius 1 is 1.62 bits per heavy atom. The van der Waals surface area contributed by atoms with Gasteiger partial charge in [-0.05, 0) is 20.2 Å². The van der Waals surface area contributed by atoms with Crippen LogP contribution in [0.3, 0.4) is 0 Å². The van der Waals surface area contributed by atoms with Crippen LogP contribution in [0, 0.1) is 6.20 Å². The third-order valence-corrected chi connectivity index (χ3v) is 0.642. The summed E-state index contributed by atoms with van der Waals surface area (Å²) >= 11 is 0. The van der Waals surface area contributed by atoms with E-state index in [1.54, 1.807) is 0 Å². The summed E-state index contributed by atoms with van der Waals surface area (Å²) in [7, 11) is 3.96. The standard InChI is InChI=1S/C6H11N2/c1-8(2)6-4-3-5-7/h4H,6-7H2,1-2H3. The Bertz CT molecular complexity index is 99.1. The number of likely N-dealkylation sites (N-methyl/N-ethyl adjacent to an activating group) is 1. The van der Waals surface area contributed by atoms with Gasteiger partial charge < -0.3 is 10.6 Å². The highest BCUT2D eigenvalue weighted by Crippen LogP contribution is 1.71. The van der Waals surface area contributed by atoms with Crippen molar-refractivity contribution in [3.63, 3.8) is 0 Å². The van der Waals surface area contributed by atoms with Crippen LogP contribution in [0.5, 0.6) is 0 Å². The fourth-order valence-corrected chi connectivity index (χ4v) is 0.287. The van der Waals surface area contributed by atoms with Crippen molar-refractivity contribution in [1.82, 2.24) is 4.90 Å². The summed E-state index contributed by atoms with van der Waals surface area (Å²) < 4.78 is 0. The fraction of sp³-hybridized carbons (Fsp3) is 0.500. The molecule has 8 heavy (non-hydrogen) atoms. The van der Waals surface area contributed by atoms with Crippen LogP contribution in [0.25, 0.3) is 0 Å². The van der Waals surface area contributed by atoms with Gasteiger partial charge in [-0.3, -0.25) is 0 Å². The third kappa shape index (κ3) is 5.28. The highest BCUT2D eigenvalue weighted by Gasteiger charge is 1.77. The van der Waals surface area contributed by atoms with Crippen molar-refractivity contribution in [3.05, 3.63) is 18.0 Å². The summed E-state index contributed by atoms with van der Waals surface area (Å²) in [5.41, 5.74) is 7.54. The molecule has 2 heteroatoms. The highest BCUT2D eigenvalue weighted by molar-refractivity contribution is 4.78. The number of hydrogen-bond acceptors (Lipinski definition) is 2. The van der Waals surface area contributed by atoms with Gasteiger partial charge in [-0.2, -0.15) is 0 Å². The van der Waals surface area contributed by atoms with E-state index >= 15 is 0 Å². The Kier molecular flexibility index (Phi) is 4.04. The van der Waals surface area contributed by atoms with Crippen LogP contribution < -0.4 is 5.73 Å². The number of nitrogens with two attached hydrogens (primary N) is 1. The van der Waals surface area contributed by atoms with Crippen molar-refractivity contribution in [3.8, 4) is 0 Å². The predicted molar refractivity (Wildman–Crippen MR) is 34.1 cm³/mol. The number of hydrogen-bond donors (Lipinski definition) is 1. The monoisotopic (exact) mass is 111 g/mol. The molecule has 0 atom stereocenters. The molecule has 0 spiro atoms. The molecule has 0 aliphatic heterocycles. The predicted octanol–water partition coefficient (Wildman–Crippen LogP) is -0.0213. The molecule has 0 rings (SSSR count). The minimum Gasteiger partial charge on any atom is -0.390 e. The SMILES string of the molecule is CN(C)CC=C=[C]N. The third-order valence-electron chi connectivity index (χ3n) is 0.642. The van der Waals surface area contributed by atoms with Crippen molar-refractivity contribution in [1.29, 1.82) is 0 Å². The summed E-state index contributed by atoms with van der Waals surface area (Å²) in [6.07, 6.45) is 4.11. The van der Waals surface area contributed by atoms with E-state index in [1.807, 2.05) is 25.1 Å². The lowest BCUT2D eigenvalue weighted by atomic mass is 10.5. The molecular formula is C6H11N2. The maximum absolute atomic E-state index is 4.90. The van der Waals surface area contributed by atoms with Crippen molar-refractivity contribution in [2.75, 3.05) is 20.6 Å². The van der Waals surface area contributed by atoms with Gasteiger partial charge in [0.05, 0.1) is 0 Å². The van der Waals surface area contributed by atoms with Gasteiger partial charge in [-0.1, -0.05) is 5.73 Å². The van der Waals surface area contributed by atoms with Crippen LogP contribution in [0.15, 0.2) is 11.8 Å². The second kappa shape index (κ2) is 4.44. The maximum Gasteiger partial charge on any atom is 0.106 e. The first-order valence-corrected chi connectivity index (χ1v) is 2.45. The molecule has 0 unspecified atom stereocenters. The summed E-state index contributed by atoms with van der Waals surface area (Å²) in [5.74, 6) is 0. The van der Waals surface area contributed by atoms with Gasteiger partial charge in [-0.15, -0.1) is 0 Å². The molecule has 45 valence electrons. The molecule has 0 aromatic heterocycles. The van der Waals surface area contributed by atoms with Gasteiger partial charge in [0.15, 0.2) is 0 Å². The highest BCUT2D eigenvalue weighted by atomic mass is 15.0. The van der Waals surface area contributed by atoms with E-state index in [0.29, 0.717) is 0 Å². The Morgan fingerprint density at radius 2 is 2.25 bits per heavy atom. The van der Waals surface area contributed by atoms with Crippen molar-refractivity contribution >= 4 is 0 Å². The zero-order chi connectivity index (χ0) is 6.41. The molecule has 0 aliphatic rings. The molecule has 0 amide bonds. The van der Waals surface area contributed by atoms with Gasteiger partial charge in [-0.25, -0.2) is 0 Å². The van der Waals surface area contributed by atoms with Crippen LogP contribution in [0.1, 0.15) is 0 Å². The summed E-state index contributed by atoms with van der Waals surface area (Å²) in [4.78, 5) is 2.02. The minimum absolute atomic E-state index is 0.865. The molecule has 0 aliphatic carbocycles. The lowest BCUT2D eigenvalue weighted by molar-refractivity contribution is 0.456. The zero-order valence-electron chi connectivity index (χ0n) is 5.31. The summed E-state index contributed by atoms with van der Waals surface area (Å²) in [6.45, 7) is 0.865. The first-order chi connectivity index (χ1) is 3.77. The number of nitrogens with zero attached hydrogens (tertiary/aromatic N) is 1. The lowest BCUT2D eigenvalue weighted by Crippen LogP contribution is -2.10. The average molecular weight is 111 g/mol. The van der Waals surface area contributed by atoms with Gasteiger partial charge in [0.25, 0.3) is 0 Å². The molecule has 2 N–H and O–H groups in total. The van der Waals surface area contributed by atoms with Gasteiger partial charge in [0, 0.05) is 6.54 Å². The van der Waals surface area contributed by atoms with Gasteiger partial charge in [0.2, 0.25) is 0 Å². The van der Waals surface area contributed by atoms with E-state index < -0.39 is 0 Å². The Balaban J connectivity index is 3.30. The van der Waals surface area contributed by atoms with E-state index in [2.05, 4.69) is 11.9 Å². The topological polar surface area (TPSA) is 29.3 Å². The Hall–Kier alpha value is -0.720. The summed E-state index contributed by atoms with van der Waals surface area (Å²) in [6, 6.07) is 0. The van der Waals surface area contributed by atoms with Crippen molar-refractivity contribution in [2.45, 2.75) is 0 Å². The van der Waals surface area contributed by atoms with Crippen LogP contribution in [0.2, 0.25) is 0 Å². The molecule has 0 fully saturated rings. The molecule has 0 bridgehead atoms. The van der Waals surface area contributed by atoms with Crippen LogP contribution >= 0.6 is 0 Å². The van der Waals surface area contributed by atoms with Crippen molar-refractivity contribution in [2.24, 2.45) is 5.73 Å². The second-order valence-electron chi connectivity index (χ2n) is 1.76. The van der Waals surface area contributed by atoms with Crippen molar-refractivity contribution < 1.29 is 0 Å². The quantitative estimate of drug-likeness (QED) is 0.401. The molecule has 2 nitrogen and oxygen atoms in total. The van der Waals surface area contributed by atoms with E-state index in [1.165, 1.54) is 0 Å². The van der Waals surface area contributed by atoms with Crippen LogP contribution in [-0.4, -0.2) is 25.5 Å².